The van der Waals surface area contributed by atoms with E-state index in [0.29, 0.717) is 5.13 Å². The Morgan fingerprint density at radius 1 is 1.63 bits per heavy atom. The molecule has 0 bridgehead atoms. The predicted molar refractivity (Wildman–Crippen MR) is 65.0 cm³/mol. The van der Waals surface area contributed by atoms with Crippen molar-refractivity contribution in [2.75, 3.05) is 25.5 Å². The zero-order valence-corrected chi connectivity index (χ0v) is 11.2. The van der Waals surface area contributed by atoms with Gasteiger partial charge in [-0.05, 0) is 14.0 Å². The molecule has 0 radical (unpaired) electrons. The third-order valence-electron chi connectivity index (χ3n) is 2.14. The molecule has 0 aliphatic rings. The number of aryl methyl sites for hydroxylation is 1. The van der Waals surface area contributed by atoms with Crippen molar-refractivity contribution in [3.05, 3.63) is 11.1 Å². The van der Waals surface area contributed by atoms with Crippen LogP contribution in [0.5, 0.6) is 0 Å². The lowest BCUT2D eigenvalue weighted by Crippen LogP contribution is -2.42. The van der Waals surface area contributed by atoms with Crippen LogP contribution < -0.4 is 5.32 Å². The summed E-state index contributed by atoms with van der Waals surface area (Å²) in [4.78, 5) is 16.6. The van der Waals surface area contributed by atoms with Crippen LogP contribution >= 0.6 is 11.3 Å². The molecule has 1 aromatic heterocycles. The molecule has 0 fully saturated rings. The lowest BCUT2D eigenvalue weighted by Gasteiger charge is -2.21. The number of aromatic nitrogens is 1. The van der Waals surface area contributed by atoms with Crippen LogP contribution in [-0.4, -0.2) is 53.3 Å². The van der Waals surface area contributed by atoms with Crippen molar-refractivity contribution in [1.29, 1.82) is 0 Å². The predicted octanol–water partition coefficient (Wildman–Crippen LogP) is 1.25. The number of hydrogen-bond donors (Lipinski definition) is 2. The van der Waals surface area contributed by atoms with Crippen LogP contribution in [0.2, 0.25) is 0 Å². The van der Waals surface area contributed by atoms with Crippen LogP contribution in [-0.2, 0) is 4.79 Å². The first-order valence-electron chi connectivity index (χ1n) is 5.34. The van der Waals surface area contributed by atoms with Gasteiger partial charge in [0.05, 0.1) is 12.2 Å². The second kappa shape index (κ2) is 6.31. The summed E-state index contributed by atoms with van der Waals surface area (Å²) < 4.78 is 36.3. The second-order valence-corrected chi connectivity index (χ2v) is 4.95. The molecule has 1 atom stereocenters. The van der Waals surface area contributed by atoms with Crippen molar-refractivity contribution in [2.24, 2.45) is 0 Å². The van der Waals surface area contributed by atoms with Crippen LogP contribution in [0, 0.1) is 6.92 Å². The lowest BCUT2D eigenvalue weighted by molar-refractivity contribution is -0.207. The first kappa shape index (κ1) is 15.9. The number of aliphatic hydroxyl groups excluding tert-OH is 1. The van der Waals surface area contributed by atoms with E-state index in [1.165, 1.54) is 18.4 Å². The summed E-state index contributed by atoms with van der Waals surface area (Å²) in [6.45, 7) is 0.845. The second-order valence-electron chi connectivity index (χ2n) is 4.10. The minimum Gasteiger partial charge on any atom is -0.382 e. The molecule has 1 heterocycles. The fourth-order valence-corrected chi connectivity index (χ4v) is 1.98. The van der Waals surface area contributed by atoms with E-state index in [1.54, 1.807) is 12.3 Å². The number of amides is 1. The summed E-state index contributed by atoms with van der Waals surface area (Å²) in [5.41, 5.74) is 0.751. The van der Waals surface area contributed by atoms with Gasteiger partial charge in [-0.3, -0.25) is 9.69 Å². The Kier molecular flexibility index (Phi) is 5.27. The number of alkyl halides is 3. The van der Waals surface area contributed by atoms with E-state index in [1.807, 2.05) is 0 Å². The van der Waals surface area contributed by atoms with Crippen LogP contribution in [0.3, 0.4) is 0 Å². The molecule has 0 spiro atoms. The Labute approximate surface area is 112 Å². The monoisotopic (exact) mass is 297 g/mol. The minimum atomic E-state index is -4.68. The first-order valence-corrected chi connectivity index (χ1v) is 6.21. The summed E-state index contributed by atoms with van der Waals surface area (Å²) in [6.07, 6.45) is -7.15. The number of halogens is 3. The van der Waals surface area contributed by atoms with Crippen molar-refractivity contribution in [2.45, 2.75) is 19.2 Å². The van der Waals surface area contributed by atoms with Crippen LogP contribution in [0.4, 0.5) is 18.3 Å². The molecule has 0 saturated carbocycles. The largest absolute Gasteiger partial charge is 0.415 e. The van der Waals surface area contributed by atoms with Gasteiger partial charge in [0, 0.05) is 11.9 Å². The Morgan fingerprint density at radius 2 is 2.26 bits per heavy atom. The Hall–Kier alpha value is -1.19. The molecule has 0 aliphatic carbocycles. The van der Waals surface area contributed by atoms with Gasteiger partial charge in [-0.15, -0.1) is 11.3 Å². The number of carbonyl (C=O) groups is 1. The third-order valence-corrected chi connectivity index (χ3v) is 3.02. The first-order chi connectivity index (χ1) is 8.68. The van der Waals surface area contributed by atoms with Crippen molar-refractivity contribution < 1.29 is 23.1 Å². The molecule has 2 N–H and O–H groups in total. The summed E-state index contributed by atoms with van der Waals surface area (Å²) in [7, 11) is 1.32. The molecule has 19 heavy (non-hydrogen) atoms. The minimum absolute atomic E-state index is 0.258. The SMILES string of the molecule is Cc1csc(NC(=O)CN(C)CC(O)C(F)(F)F)n1. The maximum Gasteiger partial charge on any atom is 0.415 e. The highest BCUT2D eigenvalue weighted by atomic mass is 32.1. The summed E-state index contributed by atoms with van der Waals surface area (Å²) in [6, 6.07) is 0. The number of nitrogens with one attached hydrogen (secondary N) is 1. The molecule has 5 nitrogen and oxygen atoms in total. The Morgan fingerprint density at radius 3 is 2.74 bits per heavy atom. The highest BCUT2D eigenvalue weighted by Gasteiger charge is 2.38. The fraction of sp³-hybridized carbons (Fsp3) is 0.600. The molecule has 0 saturated heterocycles. The Bertz CT molecular complexity index is 436. The average molecular weight is 297 g/mol. The molecule has 0 aromatic carbocycles. The van der Waals surface area contributed by atoms with E-state index in [-0.39, 0.29) is 6.54 Å². The lowest BCUT2D eigenvalue weighted by atomic mass is 10.3. The fourth-order valence-electron chi connectivity index (χ4n) is 1.28. The molecule has 9 heteroatoms. The molecule has 1 amide bonds. The molecule has 1 aromatic rings. The smallest absolute Gasteiger partial charge is 0.382 e. The number of nitrogens with zero attached hydrogens (tertiary/aromatic N) is 2. The van der Waals surface area contributed by atoms with E-state index in [4.69, 9.17) is 5.11 Å². The average Bonchev–Trinajstić information content (AvgIpc) is 2.61. The van der Waals surface area contributed by atoms with Crippen molar-refractivity contribution in [3.63, 3.8) is 0 Å². The van der Waals surface area contributed by atoms with Gasteiger partial charge in [0.2, 0.25) is 5.91 Å². The van der Waals surface area contributed by atoms with E-state index < -0.39 is 24.7 Å². The van der Waals surface area contributed by atoms with Gasteiger partial charge in [-0.2, -0.15) is 13.2 Å². The summed E-state index contributed by atoms with van der Waals surface area (Å²) in [5, 5.41) is 13.5. The number of likely N-dealkylation sites (N-methyl/N-ethyl adjacent to an activating group) is 1. The summed E-state index contributed by atoms with van der Waals surface area (Å²) in [5.74, 6) is -0.480. The number of hydrogen-bond acceptors (Lipinski definition) is 5. The maximum atomic E-state index is 12.1. The Balaban J connectivity index is 2.40. The van der Waals surface area contributed by atoms with Gasteiger partial charge in [0.1, 0.15) is 0 Å². The number of rotatable bonds is 5. The quantitative estimate of drug-likeness (QED) is 0.858. The van der Waals surface area contributed by atoms with Crippen molar-refractivity contribution in [1.82, 2.24) is 9.88 Å². The van der Waals surface area contributed by atoms with Crippen LogP contribution in [0.1, 0.15) is 5.69 Å². The molecule has 1 rings (SSSR count). The molecule has 1 unspecified atom stereocenters. The number of anilines is 1. The number of carbonyl (C=O) groups excluding carboxylic acids is 1. The van der Waals surface area contributed by atoms with Crippen molar-refractivity contribution >= 4 is 22.4 Å². The highest BCUT2D eigenvalue weighted by Crippen LogP contribution is 2.20. The van der Waals surface area contributed by atoms with E-state index in [9.17, 15) is 18.0 Å². The van der Waals surface area contributed by atoms with Gasteiger partial charge in [0.15, 0.2) is 11.2 Å². The number of aliphatic hydroxyl groups is 1. The number of thiazole rings is 1. The molecular formula is C10H14F3N3O2S. The van der Waals surface area contributed by atoms with Crippen LogP contribution in [0.25, 0.3) is 0 Å². The van der Waals surface area contributed by atoms with Crippen molar-refractivity contribution in [3.8, 4) is 0 Å². The normalized spacial score (nSPS) is 13.6. The van der Waals surface area contributed by atoms with Gasteiger partial charge in [0.25, 0.3) is 0 Å². The third kappa shape index (κ3) is 5.53. The highest BCUT2D eigenvalue weighted by molar-refractivity contribution is 7.13. The summed E-state index contributed by atoms with van der Waals surface area (Å²) >= 11 is 1.23. The maximum absolute atomic E-state index is 12.1. The van der Waals surface area contributed by atoms with E-state index in [2.05, 4.69) is 10.3 Å². The van der Waals surface area contributed by atoms with Crippen LogP contribution in [0.15, 0.2) is 5.38 Å². The van der Waals surface area contributed by atoms with E-state index >= 15 is 0 Å². The van der Waals surface area contributed by atoms with Gasteiger partial charge in [-0.25, -0.2) is 4.98 Å². The van der Waals surface area contributed by atoms with E-state index in [0.717, 1.165) is 10.6 Å². The van der Waals surface area contributed by atoms with Gasteiger partial charge >= 0.3 is 6.18 Å². The topological polar surface area (TPSA) is 65.5 Å². The standard InChI is InChI=1S/C10H14F3N3O2S/c1-6-5-19-9(14-6)15-8(18)4-16(2)3-7(17)10(11,12)13/h5,7,17H,3-4H2,1-2H3,(H,14,15,18). The molecular weight excluding hydrogens is 283 g/mol. The van der Waals surface area contributed by atoms with Gasteiger partial charge in [-0.1, -0.05) is 0 Å². The molecule has 0 aliphatic heterocycles. The molecule has 108 valence electrons. The zero-order valence-electron chi connectivity index (χ0n) is 10.4. The van der Waals surface area contributed by atoms with Gasteiger partial charge < -0.3 is 10.4 Å². The zero-order chi connectivity index (χ0) is 14.6.